The van der Waals surface area contributed by atoms with E-state index >= 15 is 0 Å². The van der Waals surface area contributed by atoms with Crippen LogP contribution in [0.1, 0.15) is 407 Å². The Bertz CT molecular complexity index is 1840. The van der Waals surface area contributed by atoms with Crippen molar-refractivity contribution in [3.8, 4) is 11.5 Å². The van der Waals surface area contributed by atoms with E-state index in [1.165, 1.54) is 35.5 Å². The quantitative estimate of drug-likeness (QED) is 0.267. The smallest absolute Gasteiger partial charge is 0.258 e. The Labute approximate surface area is 598 Å². The van der Waals surface area contributed by atoms with Crippen LogP contribution in [0.4, 0.5) is 0 Å². The first-order valence-electron chi connectivity index (χ1n) is 38.4. The second-order valence-corrected chi connectivity index (χ2v) is 45.3. The Morgan fingerprint density at radius 1 is 0.263 bits per heavy atom. The van der Waals surface area contributed by atoms with Crippen LogP contribution in [0.5, 0.6) is 11.5 Å². The Morgan fingerprint density at radius 2 is 0.432 bits per heavy atom. The Kier molecular flexibility index (Phi) is 46.8. The van der Waals surface area contributed by atoms with Crippen molar-refractivity contribution < 1.29 is 19.1 Å². The maximum absolute atomic E-state index is 10.9. The van der Waals surface area contributed by atoms with E-state index in [0.717, 1.165) is 23.3 Å². The normalized spacial score (nSPS) is 22.7. The Morgan fingerprint density at radius 3 is 0.589 bits per heavy atom. The highest BCUT2D eigenvalue weighted by Gasteiger charge is 2.53. The van der Waals surface area contributed by atoms with E-state index in [1.807, 2.05) is 24.3 Å². The number of imide groups is 1. The molecule has 5 nitrogen and oxygen atoms in total. The summed E-state index contributed by atoms with van der Waals surface area (Å²) in [7, 11) is 0. The lowest BCUT2D eigenvalue weighted by Gasteiger charge is -2.45. The number of hydrogen-bond acceptors (Lipinski definition) is 4. The summed E-state index contributed by atoms with van der Waals surface area (Å²) < 4.78 is 10.2. The van der Waals surface area contributed by atoms with Gasteiger partial charge in [-0.1, -0.05) is 378 Å². The molecule has 10 aliphatic rings. The fraction of sp³-hybridized carbons (Fsp3) is 0.844. The monoisotopic (exact) mass is 1330 g/mol. The molecule has 12 rings (SSSR count). The van der Waals surface area contributed by atoms with E-state index in [4.69, 9.17) is 9.47 Å². The molecule has 0 aromatic heterocycles. The molecule has 0 unspecified atom stereocenters. The summed E-state index contributed by atoms with van der Waals surface area (Å²) in [6.45, 7) is 87.9. The third-order valence-electron chi connectivity index (χ3n) is 12.9. The summed E-state index contributed by atoms with van der Waals surface area (Å²) in [6.07, 6.45) is 26.7. The molecule has 8 fully saturated rings. The van der Waals surface area contributed by atoms with Crippen LogP contribution in [0.15, 0.2) is 48.5 Å². The summed E-state index contributed by atoms with van der Waals surface area (Å²) in [6, 6.07) is 14.4. The van der Waals surface area contributed by atoms with Gasteiger partial charge in [-0.25, -0.2) is 0 Å². The minimum absolute atomic E-state index is 0.300. The molecule has 0 atom stereocenters. The largest absolute Gasteiger partial charge is 0.454 e. The van der Waals surface area contributed by atoms with Crippen LogP contribution in [0.25, 0.3) is 0 Å². The molecule has 2 aliphatic heterocycles. The molecule has 8 aliphatic carbocycles. The maximum Gasteiger partial charge on any atom is 0.258 e. The van der Waals surface area contributed by atoms with Crippen molar-refractivity contribution in [1.82, 2.24) is 5.32 Å². The molecule has 2 amide bonds. The average molecular weight is 1330 g/mol. The number of para-hydroxylation sites is 2. The zero-order valence-electron chi connectivity index (χ0n) is 72.1. The molecule has 0 spiro atoms. The highest BCUT2D eigenvalue weighted by atomic mass is 16.7. The first-order valence-corrected chi connectivity index (χ1v) is 38.4. The van der Waals surface area contributed by atoms with Gasteiger partial charge in [0.25, 0.3) is 11.8 Å². The van der Waals surface area contributed by atoms with E-state index in [2.05, 4.69) is 282 Å². The fourth-order valence-electron chi connectivity index (χ4n) is 10.4. The number of carbonyl (C=O) groups excluding carboxylic acids is 2. The van der Waals surface area contributed by atoms with E-state index in [1.54, 1.807) is 133 Å². The molecule has 0 saturated heterocycles. The minimum atomic E-state index is -0.300. The van der Waals surface area contributed by atoms with Gasteiger partial charge in [0.05, 0.1) is 11.1 Å². The molecule has 95 heavy (non-hydrogen) atoms. The number of amides is 2. The summed E-state index contributed by atoms with van der Waals surface area (Å²) in [5.74, 6) is 10.6. The zero-order chi connectivity index (χ0) is 75.6. The molecule has 562 valence electrons. The molecule has 2 heterocycles. The van der Waals surface area contributed by atoms with Crippen LogP contribution in [-0.2, 0) is 0 Å². The maximum atomic E-state index is 10.9. The van der Waals surface area contributed by atoms with Crippen LogP contribution in [0.2, 0.25) is 0 Å². The number of hydrogen-bond donors (Lipinski definition) is 1. The van der Waals surface area contributed by atoms with Gasteiger partial charge in [0.1, 0.15) is 0 Å². The lowest BCUT2D eigenvalue weighted by molar-refractivity contribution is 0.0302. The molecule has 8 saturated carbocycles. The fourth-order valence-corrected chi connectivity index (χ4v) is 10.4. The van der Waals surface area contributed by atoms with Crippen molar-refractivity contribution in [2.45, 2.75) is 386 Å². The van der Waals surface area contributed by atoms with Gasteiger partial charge in [-0.15, -0.1) is 0 Å². The molecular formula is C90H173NO4. The highest BCUT2D eigenvalue weighted by molar-refractivity contribution is 6.21. The third kappa shape index (κ3) is 81.8. The summed E-state index contributed by atoms with van der Waals surface area (Å²) >= 11 is 0. The van der Waals surface area contributed by atoms with E-state index in [0.29, 0.717) is 72.1 Å². The summed E-state index contributed by atoms with van der Waals surface area (Å²) in [4.78, 5) is 21.9. The van der Waals surface area contributed by atoms with Crippen LogP contribution in [-0.4, -0.2) is 18.6 Å². The van der Waals surface area contributed by atoms with Gasteiger partial charge in [0, 0.05) is 0 Å². The van der Waals surface area contributed by atoms with Gasteiger partial charge in [-0.05, 0) is 158 Å². The number of rotatable bonds is 0. The lowest BCUT2D eigenvalue weighted by atomic mass is 9.60. The molecule has 2 aromatic rings. The molecule has 5 heteroatoms. The minimum Gasteiger partial charge on any atom is -0.454 e. The third-order valence-corrected chi connectivity index (χ3v) is 12.9. The summed E-state index contributed by atoms with van der Waals surface area (Å²) in [5.41, 5.74) is 5.94. The van der Waals surface area contributed by atoms with Gasteiger partial charge in [0.2, 0.25) is 6.79 Å². The molecule has 1 N–H and O–H groups in total. The van der Waals surface area contributed by atoms with Gasteiger partial charge in [0.15, 0.2) is 11.5 Å². The Hall–Kier alpha value is -2.82. The first-order chi connectivity index (χ1) is 42.1. The number of benzene rings is 2. The van der Waals surface area contributed by atoms with E-state index in [-0.39, 0.29) is 11.8 Å². The van der Waals surface area contributed by atoms with Crippen LogP contribution in [0, 0.1) is 101 Å². The van der Waals surface area contributed by atoms with Crippen LogP contribution >= 0.6 is 0 Å². The predicted octanol–water partition coefficient (Wildman–Crippen LogP) is 30.1. The number of nitrogens with one attached hydrogen (secondary N) is 1. The SMILES string of the molecule is C1CC2C(C1)C1CCCC21.C1CC2CCC1C2.C1CC2CCC1CC2.CC(C)(C)C.CC(C)(C)C.CC(C)(C)C.CC(C)(C)C.CC(C)(C)C.CC(C)(C)C.CC(C)(C)C.CC(C)(C)C.CC(C)(C)C.CC(C)(C)C.O=C1NC(=O)c2ccccc21.c1ccc2c(c1)OCO2. The lowest BCUT2D eigenvalue weighted by Crippen LogP contribution is -2.39. The van der Waals surface area contributed by atoms with Crippen molar-refractivity contribution in [1.29, 1.82) is 0 Å². The van der Waals surface area contributed by atoms with Crippen molar-refractivity contribution in [2.75, 3.05) is 6.79 Å². The van der Waals surface area contributed by atoms with Crippen LogP contribution < -0.4 is 14.8 Å². The standard InChI is InChI=1S/C10H16.C8H5NO2.C8H14.C7H6O2.C7H12.10C5H12/c1-3-7-8(4-1)10-6-2-5-9(7)10;10-7-5-3-1-2-4-6(5)8(11)9-7;1-2-8-5-3-7(1)4-6-8;1-2-4-7-6(3-1)8-5-9-7;1-2-7-4-3-6(1)5-7;10*1-5(2,3)4/h7-10H,1-6H2;1-4H,(H,9,10,11);7-8H,1-6H2;1-4H,5H2;6-7H,1-5H2;10*1-4H3. The van der Waals surface area contributed by atoms with E-state index in [9.17, 15) is 9.59 Å². The second kappa shape index (κ2) is 45.1. The van der Waals surface area contributed by atoms with Crippen LogP contribution in [0.3, 0.4) is 0 Å². The average Bonchev–Trinajstić information content (AvgIpc) is 1.58. The van der Waals surface area contributed by atoms with Gasteiger partial charge >= 0.3 is 0 Å². The van der Waals surface area contributed by atoms with Crippen molar-refractivity contribution in [2.24, 2.45) is 101 Å². The van der Waals surface area contributed by atoms with E-state index < -0.39 is 0 Å². The Balaban J connectivity index is -0.000000473. The van der Waals surface area contributed by atoms with Crippen molar-refractivity contribution in [3.63, 3.8) is 0 Å². The van der Waals surface area contributed by atoms with Gasteiger partial charge < -0.3 is 9.47 Å². The topological polar surface area (TPSA) is 64.6 Å². The van der Waals surface area contributed by atoms with Gasteiger partial charge in [-0.3, -0.25) is 14.9 Å². The molecular weight excluding hydrogens is 1160 g/mol. The predicted molar refractivity (Wildman–Crippen MR) is 429 cm³/mol. The number of carbonyl (C=O) groups is 2. The molecule has 4 bridgehead atoms. The molecule has 2 aromatic carbocycles. The number of ether oxygens (including phenoxy) is 2. The number of fused-ring (bicyclic) bond motifs is 11. The highest BCUT2D eigenvalue weighted by Crippen LogP contribution is 2.61. The summed E-state index contributed by atoms with van der Waals surface area (Å²) in [5, 5.41) is 2.20. The zero-order valence-corrected chi connectivity index (χ0v) is 72.1. The molecule has 0 radical (unpaired) electrons. The second-order valence-electron chi connectivity index (χ2n) is 45.3. The van der Waals surface area contributed by atoms with Crippen molar-refractivity contribution >= 4 is 11.8 Å². The first kappa shape index (κ1) is 98.6. The van der Waals surface area contributed by atoms with Crippen molar-refractivity contribution in [3.05, 3.63) is 59.7 Å². The van der Waals surface area contributed by atoms with Gasteiger partial charge in [-0.2, -0.15) is 0 Å².